The van der Waals surface area contributed by atoms with Gasteiger partial charge in [-0.25, -0.2) is 13.6 Å². The highest BCUT2D eigenvalue weighted by Gasteiger charge is 2.53. The van der Waals surface area contributed by atoms with E-state index in [1.165, 1.54) is 12.8 Å². The van der Waals surface area contributed by atoms with Gasteiger partial charge in [0.25, 0.3) is 0 Å². The summed E-state index contributed by atoms with van der Waals surface area (Å²) in [6.07, 6.45) is 4.65. The standard InChI is InChI=1S/C14H15F2NO2/c15-10-5-8(13(18)19)6-11(16)12(10)17-7-14(3-4-14)9-1-2-9/h5-6,9,17H,1-4,7H2,(H,18,19). The highest BCUT2D eigenvalue weighted by atomic mass is 19.1. The topological polar surface area (TPSA) is 49.3 Å². The van der Waals surface area contributed by atoms with Crippen LogP contribution in [0.4, 0.5) is 14.5 Å². The van der Waals surface area contributed by atoms with Gasteiger partial charge in [-0.1, -0.05) is 0 Å². The summed E-state index contributed by atoms with van der Waals surface area (Å²) in [7, 11) is 0. The Kier molecular flexibility index (Phi) is 2.73. The second-order valence-electron chi connectivity index (χ2n) is 5.61. The smallest absolute Gasteiger partial charge is 0.335 e. The molecule has 0 heterocycles. The second-order valence-corrected chi connectivity index (χ2v) is 5.61. The summed E-state index contributed by atoms with van der Waals surface area (Å²) in [5.74, 6) is -2.32. The zero-order chi connectivity index (χ0) is 13.6. The zero-order valence-electron chi connectivity index (χ0n) is 10.4. The van der Waals surface area contributed by atoms with E-state index in [9.17, 15) is 13.6 Å². The van der Waals surface area contributed by atoms with Gasteiger partial charge in [0.1, 0.15) is 17.3 Å². The van der Waals surface area contributed by atoms with Crippen molar-refractivity contribution in [1.82, 2.24) is 0 Å². The highest BCUT2D eigenvalue weighted by molar-refractivity contribution is 5.88. The Balaban J connectivity index is 1.75. The molecular weight excluding hydrogens is 252 g/mol. The van der Waals surface area contributed by atoms with Gasteiger partial charge in [0.15, 0.2) is 0 Å². The third-order valence-corrected chi connectivity index (χ3v) is 4.24. The van der Waals surface area contributed by atoms with Crippen molar-refractivity contribution in [3.05, 3.63) is 29.3 Å². The first kappa shape index (κ1) is 12.4. The van der Waals surface area contributed by atoms with Gasteiger partial charge in [0.2, 0.25) is 0 Å². The van der Waals surface area contributed by atoms with E-state index in [-0.39, 0.29) is 16.7 Å². The highest BCUT2D eigenvalue weighted by Crippen LogP contribution is 2.61. The van der Waals surface area contributed by atoms with Crippen LogP contribution >= 0.6 is 0 Å². The summed E-state index contributed by atoms with van der Waals surface area (Å²) in [5.41, 5.74) is -0.356. The average molecular weight is 267 g/mol. The fourth-order valence-electron chi connectivity index (χ4n) is 2.72. The lowest BCUT2D eigenvalue weighted by Gasteiger charge is -2.17. The number of hydrogen-bond donors (Lipinski definition) is 2. The molecule has 0 bridgehead atoms. The van der Waals surface area contributed by atoms with E-state index < -0.39 is 17.6 Å². The molecular formula is C14H15F2NO2. The molecule has 2 saturated carbocycles. The van der Waals surface area contributed by atoms with Gasteiger partial charge < -0.3 is 10.4 Å². The minimum Gasteiger partial charge on any atom is -0.478 e. The fourth-order valence-corrected chi connectivity index (χ4v) is 2.72. The molecule has 0 saturated heterocycles. The number of aromatic carboxylic acids is 1. The van der Waals surface area contributed by atoms with Crippen molar-refractivity contribution in [2.45, 2.75) is 25.7 Å². The predicted molar refractivity (Wildman–Crippen MR) is 66.2 cm³/mol. The molecule has 2 aliphatic rings. The minimum absolute atomic E-state index is 0.211. The van der Waals surface area contributed by atoms with Crippen molar-refractivity contribution in [2.24, 2.45) is 11.3 Å². The van der Waals surface area contributed by atoms with Crippen LogP contribution in [0.5, 0.6) is 0 Å². The summed E-state index contributed by atoms with van der Waals surface area (Å²) >= 11 is 0. The number of carboxylic acid groups (broad SMARTS) is 1. The fraction of sp³-hybridized carbons (Fsp3) is 0.500. The number of benzene rings is 1. The maximum atomic E-state index is 13.7. The molecule has 2 N–H and O–H groups in total. The Morgan fingerprint density at radius 1 is 1.32 bits per heavy atom. The van der Waals surface area contributed by atoms with Crippen molar-refractivity contribution in [2.75, 3.05) is 11.9 Å². The van der Waals surface area contributed by atoms with Gasteiger partial charge in [-0.05, 0) is 49.1 Å². The Bertz CT molecular complexity index is 513. The van der Waals surface area contributed by atoms with Crippen molar-refractivity contribution in [3.63, 3.8) is 0 Å². The Hall–Kier alpha value is -1.65. The number of halogens is 2. The summed E-state index contributed by atoms with van der Waals surface area (Å²) in [6.45, 7) is 0.567. The summed E-state index contributed by atoms with van der Waals surface area (Å²) < 4.78 is 27.4. The summed E-state index contributed by atoms with van der Waals surface area (Å²) in [5, 5.41) is 11.5. The molecule has 1 aromatic carbocycles. The average Bonchev–Trinajstić information content (AvgIpc) is 3.21. The third-order valence-electron chi connectivity index (χ3n) is 4.24. The molecule has 102 valence electrons. The first-order chi connectivity index (χ1) is 9.02. The van der Waals surface area contributed by atoms with Crippen LogP contribution in [0.15, 0.2) is 12.1 Å². The number of anilines is 1. The van der Waals surface area contributed by atoms with E-state index in [0.29, 0.717) is 12.5 Å². The third kappa shape index (κ3) is 2.29. The lowest BCUT2D eigenvalue weighted by Crippen LogP contribution is -2.19. The lowest BCUT2D eigenvalue weighted by atomic mass is 10.0. The Morgan fingerprint density at radius 3 is 2.32 bits per heavy atom. The van der Waals surface area contributed by atoms with Gasteiger partial charge in [0.05, 0.1) is 5.56 Å². The molecule has 5 heteroatoms. The monoisotopic (exact) mass is 267 g/mol. The van der Waals surface area contributed by atoms with Crippen molar-refractivity contribution >= 4 is 11.7 Å². The van der Waals surface area contributed by atoms with Crippen LogP contribution in [0.1, 0.15) is 36.0 Å². The molecule has 0 aromatic heterocycles. The quantitative estimate of drug-likeness (QED) is 0.860. The number of rotatable bonds is 5. The van der Waals surface area contributed by atoms with Crippen molar-refractivity contribution in [3.8, 4) is 0 Å². The maximum absolute atomic E-state index is 13.7. The molecule has 3 rings (SSSR count). The number of carbonyl (C=O) groups is 1. The van der Waals surface area contributed by atoms with Crippen molar-refractivity contribution < 1.29 is 18.7 Å². The Labute approximate surface area is 109 Å². The van der Waals surface area contributed by atoms with E-state index in [4.69, 9.17) is 5.11 Å². The predicted octanol–water partition coefficient (Wildman–Crippen LogP) is 3.27. The van der Waals surface area contributed by atoms with Crippen molar-refractivity contribution in [1.29, 1.82) is 0 Å². The Morgan fingerprint density at radius 2 is 1.89 bits per heavy atom. The van der Waals surface area contributed by atoms with Crippen LogP contribution in [0.25, 0.3) is 0 Å². The van der Waals surface area contributed by atoms with Crippen LogP contribution in [-0.2, 0) is 0 Å². The second kappa shape index (κ2) is 4.18. The first-order valence-corrected chi connectivity index (χ1v) is 6.48. The largest absolute Gasteiger partial charge is 0.478 e. The van der Waals surface area contributed by atoms with Crippen LogP contribution in [0.2, 0.25) is 0 Å². The van der Waals surface area contributed by atoms with E-state index in [1.807, 2.05) is 0 Å². The molecule has 0 spiro atoms. The number of carboxylic acids is 1. The van der Waals surface area contributed by atoms with E-state index in [2.05, 4.69) is 5.32 Å². The van der Waals surface area contributed by atoms with Crippen LogP contribution < -0.4 is 5.32 Å². The van der Waals surface area contributed by atoms with Gasteiger partial charge in [-0.15, -0.1) is 0 Å². The maximum Gasteiger partial charge on any atom is 0.335 e. The van der Waals surface area contributed by atoms with Crippen LogP contribution in [-0.4, -0.2) is 17.6 Å². The molecule has 2 aliphatic carbocycles. The molecule has 0 aliphatic heterocycles. The summed E-state index contributed by atoms with van der Waals surface area (Å²) in [4.78, 5) is 10.7. The molecule has 0 unspecified atom stereocenters. The van der Waals surface area contributed by atoms with E-state index >= 15 is 0 Å². The number of nitrogens with one attached hydrogen (secondary N) is 1. The zero-order valence-corrected chi connectivity index (χ0v) is 10.4. The molecule has 19 heavy (non-hydrogen) atoms. The van der Waals surface area contributed by atoms with E-state index in [1.54, 1.807) is 0 Å². The molecule has 0 atom stereocenters. The minimum atomic E-state index is -1.33. The normalized spacial score (nSPS) is 20.1. The summed E-state index contributed by atoms with van der Waals surface area (Å²) in [6, 6.07) is 1.70. The molecule has 0 amide bonds. The lowest BCUT2D eigenvalue weighted by molar-refractivity contribution is 0.0696. The number of hydrogen-bond acceptors (Lipinski definition) is 2. The van der Waals surface area contributed by atoms with Gasteiger partial charge in [-0.3, -0.25) is 0 Å². The molecule has 2 fully saturated rings. The molecule has 3 nitrogen and oxygen atoms in total. The van der Waals surface area contributed by atoms with Gasteiger partial charge in [0, 0.05) is 6.54 Å². The van der Waals surface area contributed by atoms with Crippen LogP contribution in [0.3, 0.4) is 0 Å². The first-order valence-electron chi connectivity index (χ1n) is 6.48. The molecule has 0 radical (unpaired) electrons. The van der Waals surface area contributed by atoms with Crippen LogP contribution in [0, 0.1) is 23.0 Å². The van der Waals surface area contributed by atoms with Gasteiger partial charge in [-0.2, -0.15) is 0 Å². The SMILES string of the molecule is O=C(O)c1cc(F)c(NCC2(C3CC3)CC2)c(F)c1. The van der Waals surface area contributed by atoms with Gasteiger partial charge >= 0.3 is 5.97 Å². The van der Waals surface area contributed by atoms with E-state index in [0.717, 1.165) is 25.0 Å². The molecule has 1 aromatic rings.